The second kappa shape index (κ2) is 8.39. The predicted molar refractivity (Wildman–Crippen MR) is 125 cm³/mol. The normalized spacial score (nSPS) is 11.1. The fraction of sp³-hybridized carbons (Fsp3) is 0.217. The van der Waals surface area contributed by atoms with Crippen molar-refractivity contribution >= 4 is 51.5 Å². The lowest BCUT2D eigenvalue weighted by Crippen LogP contribution is -2.14. The van der Waals surface area contributed by atoms with Gasteiger partial charge in [-0.15, -0.1) is 10.2 Å². The Labute approximate surface area is 184 Å². The fourth-order valence-electron chi connectivity index (χ4n) is 3.43. The number of anilines is 2. The van der Waals surface area contributed by atoms with E-state index in [2.05, 4.69) is 52.9 Å². The summed E-state index contributed by atoms with van der Waals surface area (Å²) in [7, 11) is 0. The third-order valence-corrected chi connectivity index (χ3v) is 5.99. The van der Waals surface area contributed by atoms with Crippen molar-refractivity contribution in [3.05, 3.63) is 59.2 Å². The monoisotopic (exact) mass is 433 g/mol. The van der Waals surface area contributed by atoms with Crippen LogP contribution >= 0.6 is 11.8 Å². The van der Waals surface area contributed by atoms with E-state index in [0.29, 0.717) is 16.5 Å². The number of pyridine rings is 1. The van der Waals surface area contributed by atoms with Crippen molar-refractivity contribution < 1.29 is 9.59 Å². The first-order chi connectivity index (χ1) is 14.8. The molecule has 0 saturated heterocycles. The molecule has 4 rings (SSSR count). The van der Waals surface area contributed by atoms with Crippen LogP contribution in [-0.2, 0) is 9.59 Å². The van der Waals surface area contributed by atoms with Gasteiger partial charge in [-0.3, -0.25) is 14.0 Å². The van der Waals surface area contributed by atoms with Gasteiger partial charge in [0.1, 0.15) is 0 Å². The zero-order chi connectivity index (χ0) is 22.1. The Bertz CT molecular complexity index is 1310. The number of fused-ring (bicyclic) bond motifs is 3. The third kappa shape index (κ3) is 4.39. The molecule has 0 atom stereocenters. The molecule has 0 aliphatic carbocycles. The third-order valence-electron chi connectivity index (χ3n) is 5.06. The molecular weight excluding hydrogens is 410 g/mol. The van der Waals surface area contributed by atoms with Crippen molar-refractivity contribution in [2.75, 3.05) is 16.4 Å². The van der Waals surface area contributed by atoms with Crippen LogP contribution in [0.25, 0.3) is 16.6 Å². The van der Waals surface area contributed by atoms with E-state index in [0.717, 1.165) is 22.1 Å². The molecule has 2 aromatic heterocycles. The number of nitrogens with one attached hydrogen (secondary N) is 2. The van der Waals surface area contributed by atoms with Gasteiger partial charge in [-0.05, 0) is 85.3 Å². The maximum Gasteiger partial charge on any atom is 0.234 e. The van der Waals surface area contributed by atoms with Crippen molar-refractivity contribution in [3.63, 3.8) is 0 Å². The van der Waals surface area contributed by atoms with E-state index < -0.39 is 0 Å². The molecule has 0 unspecified atom stereocenters. The second-order valence-electron chi connectivity index (χ2n) is 7.56. The van der Waals surface area contributed by atoms with Crippen molar-refractivity contribution in [1.29, 1.82) is 0 Å². The van der Waals surface area contributed by atoms with E-state index in [1.54, 1.807) is 24.3 Å². The highest BCUT2D eigenvalue weighted by Gasteiger charge is 2.14. The Morgan fingerprint density at radius 1 is 0.903 bits per heavy atom. The van der Waals surface area contributed by atoms with E-state index in [1.165, 1.54) is 29.8 Å². The summed E-state index contributed by atoms with van der Waals surface area (Å²) in [5.41, 5.74) is 6.65. The van der Waals surface area contributed by atoms with E-state index in [1.807, 2.05) is 11.3 Å². The first kappa shape index (κ1) is 20.9. The molecule has 31 heavy (non-hydrogen) atoms. The van der Waals surface area contributed by atoms with Gasteiger partial charge in [-0.1, -0.05) is 11.8 Å². The molecule has 158 valence electrons. The molecule has 2 aromatic carbocycles. The van der Waals surface area contributed by atoms with Crippen LogP contribution in [0.3, 0.4) is 0 Å². The highest BCUT2D eigenvalue weighted by atomic mass is 32.2. The Kier molecular flexibility index (Phi) is 5.65. The number of carbonyl (C=O) groups is 2. The van der Waals surface area contributed by atoms with Crippen LogP contribution in [0.5, 0.6) is 0 Å². The minimum atomic E-state index is -0.141. The SMILES string of the molecule is CC(=O)Nc1ccc(NC(=O)CSc2nnc3c(C)cc4cc(C)c(C)cc4n23)cc1. The number of nitrogens with zero attached hydrogens (tertiary/aromatic N) is 3. The highest BCUT2D eigenvalue weighted by molar-refractivity contribution is 7.99. The first-order valence-corrected chi connectivity index (χ1v) is 10.9. The molecule has 0 aliphatic heterocycles. The summed E-state index contributed by atoms with van der Waals surface area (Å²) < 4.78 is 2.03. The molecule has 0 fully saturated rings. The summed E-state index contributed by atoms with van der Waals surface area (Å²) in [5.74, 6) is -0.0750. The molecule has 8 heteroatoms. The number of carbonyl (C=O) groups excluding carboxylic acids is 2. The molecule has 2 amide bonds. The van der Waals surface area contributed by atoms with Crippen LogP contribution in [0.4, 0.5) is 11.4 Å². The van der Waals surface area contributed by atoms with Gasteiger partial charge < -0.3 is 10.6 Å². The molecule has 0 saturated carbocycles. The number of benzene rings is 2. The Hall–Kier alpha value is -3.39. The molecule has 2 N–H and O–H groups in total. The zero-order valence-electron chi connectivity index (χ0n) is 17.8. The Balaban J connectivity index is 1.53. The molecule has 0 spiro atoms. The summed E-state index contributed by atoms with van der Waals surface area (Å²) >= 11 is 1.35. The summed E-state index contributed by atoms with van der Waals surface area (Å²) in [4.78, 5) is 23.6. The summed E-state index contributed by atoms with van der Waals surface area (Å²) in [6.07, 6.45) is 0. The molecule has 4 aromatic rings. The smallest absolute Gasteiger partial charge is 0.234 e. The number of thioether (sulfide) groups is 1. The average Bonchev–Trinajstić information content (AvgIpc) is 3.14. The van der Waals surface area contributed by atoms with Crippen LogP contribution in [0.2, 0.25) is 0 Å². The quantitative estimate of drug-likeness (QED) is 0.453. The minimum Gasteiger partial charge on any atom is -0.326 e. The summed E-state index contributed by atoms with van der Waals surface area (Å²) in [6.45, 7) is 7.66. The minimum absolute atomic E-state index is 0.137. The molecular formula is C23H23N5O2S. The van der Waals surface area contributed by atoms with Gasteiger partial charge in [-0.25, -0.2) is 0 Å². The highest BCUT2D eigenvalue weighted by Crippen LogP contribution is 2.27. The number of amides is 2. The van der Waals surface area contributed by atoms with Crippen LogP contribution < -0.4 is 10.6 Å². The van der Waals surface area contributed by atoms with E-state index in [9.17, 15) is 9.59 Å². The van der Waals surface area contributed by atoms with Crippen molar-refractivity contribution in [2.24, 2.45) is 0 Å². The summed E-state index contributed by atoms with van der Waals surface area (Å²) in [6, 6.07) is 13.4. The Morgan fingerprint density at radius 2 is 1.52 bits per heavy atom. The first-order valence-electron chi connectivity index (χ1n) is 9.88. The standard InChI is InChI=1S/C23H23N5O2S/c1-13-9-17-10-15(3)22-26-27-23(28(22)20(17)11-14(13)2)31-12-21(30)25-19-7-5-18(6-8-19)24-16(4)29/h5-11H,12H2,1-4H3,(H,24,29)(H,25,30). The van der Waals surface area contributed by atoms with Crippen LogP contribution in [0.1, 0.15) is 23.6 Å². The summed E-state index contributed by atoms with van der Waals surface area (Å²) in [5, 5.41) is 16.0. The van der Waals surface area contributed by atoms with Crippen LogP contribution in [0, 0.1) is 20.8 Å². The zero-order valence-corrected chi connectivity index (χ0v) is 18.6. The van der Waals surface area contributed by atoms with E-state index in [4.69, 9.17) is 0 Å². The van der Waals surface area contributed by atoms with E-state index in [-0.39, 0.29) is 17.6 Å². The molecule has 0 aliphatic rings. The molecule has 2 heterocycles. The van der Waals surface area contributed by atoms with Crippen LogP contribution in [0.15, 0.2) is 47.6 Å². The van der Waals surface area contributed by atoms with Gasteiger partial charge in [-0.2, -0.15) is 0 Å². The van der Waals surface area contributed by atoms with E-state index >= 15 is 0 Å². The van der Waals surface area contributed by atoms with Crippen LogP contribution in [-0.4, -0.2) is 32.2 Å². The lowest BCUT2D eigenvalue weighted by atomic mass is 10.0. The predicted octanol–water partition coefficient (Wildman–Crippen LogP) is 4.50. The van der Waals surface area contributed by atoms with Gasteiger partial charge in [0.2, 0.25) is 11.8 Å². The number of rotatable bonds is 5. The fourth-order valence-corrected chi connectivity index (χ4v) is 4.18. The molecule has 0 bridgehead atoms. The Morgan fingerprint density at radius 3 is 2.19 bits per heavy atom. The maximum atomic E-state index is 12.5. The number of hydrogen-bond acceptors (Lipinski definition) is 5. The van der Waals surface area contributed by atoms with Crippen molar-refractivity contribution in [2.45, 2.75) is 32.9 Å². The topological polar surface area (TPSA) is 88.4 Å². The molecule has 0 radical (unpaired) electrons. The number of hydrogen-bond donors (Lipinski definition) is 2. The maximum absolute atomic E-state index is 12.5. The van der Waals surface area contributed by atoms with Gasteiger partial charge in [0, 0.05) is 18.3 Å². The van der Waals surface area contributed by atoms with Gasteiger partial charge in [0.05, 0.1) is 11.3 Å². The largest absolute Gasteiger partial charge is 0.326 e. The van der Waals surface area contributed by atoms with Gasteiger partial charge in [0.15, 0.2) is 10.8 Å². The van der Waals surface area contributed by atoms with Gasteiger partial charge >= 0.3 is 0 Å². The molecule has 7 nitrogen and oxygen atoms in total. The number of aromatic nitrogens is 3. The second-order valence-corrected chi connectivity index (χ2v) is 8.50. The van der Waals surface area contributed by atoms with Gasteiger partial charge in [0.25, 0.3) is 0 Å². The average molecular weight is 434 g/mol. The number of aryl methyl sites for hydroxylation is 3. The lowest BCUT2D eigenvalue weighted by Gasteiger charge is -2.10. The van der Waals surface area contributed by atoms with Crippen molar-refractivity contribution in [3.8, 4) is 0 Å². The van der Waals surface area contributed by atoms with Crippen molar-refractivity contribution in [1.82, 2.24) is 14.6 Å². The lowest BCUT2D eigenvalue weighted by molar-refractivity contribution is -0.114.